The normalized spacial score (nSPS) is 13.7. The minimum Gasteiger partial charge on any atom is -0.452 e. The van der Waals surface area contributed by atoms with Crippen LogP contribution in [0.2, 0.25) is 5.02 Å². The molecular formula is C19H21ClN4O5S. The molecule has 1 saturated carbocycles. The molecule has 0 radical (unpaired) electrons. The lowest BCUT2D eigenvalue weighted by Crippen LogP contribution is -2.23. The summed E-state index contributed by atoms with van der Waals surface area (Å²) < 4.78 is 30.6. The van der Waals surface area contributed by atoms with Gasteiger partial charge >= 0.3 is 5.97 Å². The van der Waals surface area contributed by atoms with Crippen LogP contribution in [-0.2, 0) is 19.6 Å². The van der Waals surface area contributed by atoms with Gasteiger partial charge in [-0.25, -0.2) is 22.5 Å². The number of carbonyl (C=O) groups excluding carboxylic acids is 2. The van der Waals surface area contributed by atoms with Crippen molar-refractivity contribution in [1.29, 1.82) is 0 Å². The Morgan fingerprint density at radius 2 is 1.97 bits per heavy atom. The van der Waals surface area contributed by atoms with E-state index in [2.05, 4.69) is 15.6 Å². The largest absolute Gasteiger partial charge is 0.452 e. The van der Waals surface area contributed by atoms with Crippen LogP contribution < -0.4 is 10.6 Å². The van der Waals surface area contributed by atoms with Crippen molar-refractivity contribution in [2.24, 2.45) is 0 Å². The second-order valence-electron chi connectivity index (χ2n) is 6.91. The van der Waals surface area contributed by atoms with E-state index in [9.17, 15) is 18.0 Å². The quantitative estimate of drug-likeness (QED) is 0.590. The lowest BCUT2D eigenvalue weighted by atomic mass is 10.3. The summed E-state index contributed by atoms with van der Waals surface area (Å²) in [4.78, 5) is 28.2. The van der Waals surface area contributed by atoms with Crippen molar-refractivity contribution >= 4 is 45.0 Å². The number of halogens is 1. The maximum Gasteiger partial charge on any atom is 0.340 e. The van der Waals surface area contributed by atoms with Gasteiger partial charge in [-0.15, -0.1) is 0 Å². The van der Waals surface area contributed by atoms with Crippen LogP contribution in [0, 0.1) is 0 Å². The Balaban J connectivity index is 1.57. The average molecular weight is 453 g/mol. The molecule has 9 nitrogen and oxygen atoms in total. The van der Waals surface area contributed by atoms with Crippen LogP contribution in [0.5, 0.6) is 0 Å². The number of amides is 1. The molecule has 0 atom stereocenters. The van der Waals surface area contributed by atoms with E-state index in [0.717, 1.165) is 17.1 Å². The summed E-state index contributed by atoms with van der Waals surface area (Å²) in [6.07, 6.45) is 3.59. The van der Waals surface area contributed by atoms with Crippen molar-refractivity contribution < 1.29 is 22.7 Å². The first-order valence-electron chi connectivity index (χ1n) is 9.08. The molecule has 3 rings (SSSR count). The smallest absolute Gasteiger partial charge is 0.340 e. The molecule has 1 aliphatic rings. The standard InChI is InChI=1S/C19H21ClN4O5S/c1-24(2)30(27,28)16-9-14(6-7-15(16)20)23-18(25)11-29-19(26)12-3-8-17(21-10-12)22-13-4-5-13/h3,6-10,13H,4-5,11H2,1-2H3,(H,21,22)(H,23,25). The minimum atomic E-state index is -3.78. The molecule has 1 amide bonds. The van der Waals surface area contributed by atoms with Crippen molar-refractivity contribution in [3.05, 3.63) is 47.1 Å². The highest BCUT2D eigenvalue weighted by atomic mass is 35.5. The molecular weight excluding hydrogens is 432 g/mol. The van der Waals surface area contributed by atoms with Crippen LogP contribution in [0.3, 0.4) is 0 Å². The Labute approximate surface area is 179 Å². The highest BCUT2D eigenvalue weighted by Crippen LogP contribution is 2.27. The van der Waals surface area contributed by atoms with Gasteiger partial charge < -0.3 is 15.4 Å². The second-order valence-corrected chi connectivity index (χ2v) is 9.44. The summed E-state index contributed by atoms with van der Waals surface area (Å²) in [5.74, 6) is -0.639. The van der Waals surface area contributed by atoms with Crippen molar-refractivity contribution in [2.75, 3.05) is 31.3 Å². The number of nitrogens with one attached hydrogen (secondary N) is 2. The number of rotatable bonds is 8. The summed E-state index contributed by atoms with van der Waals surface area (Å²) in [5, 5.41) is 5.71. The Bertz CT molecular complexity index is 1050. The van der Waals surface area contributed by atoms with Gasteiger partial charge in [0.1, 0.15) is 10.7 Å². The predicted molar refractivity (Wildman–Crippen MR) is 112 cm³/mol. The molecule has 0 unspecified atom stereocenters. The molecule has 0 spiro atoms. The summed E-state index contributed by atoms with van der Waals surface area (Å²) >= 11 is 5.98. The number of esters is 1. The van der Waals surface area contributed by atoms with E-state index in [4.69, 9.17) is 16.3 Å². The van der Waals surface area contributed by atoms with Crippen molar-refractivity contribution in [3.8, 4) is 0 Å². The van der Waals surface area contributed by atoms with E-state index >= 15 is 0 Å². The topological polar surface area (TPSA) is 118 Å². The maximum atomic E-state index is 12.3. The van der Waals surface area contributed by atoms with E-state index in [1.165, 1.54) is 38.5 Å². The molecule has 1 heterocycles. The summed E-state index contributed by atoms with van der Waals surface area (Å²) in [5.41, 5.74) is 0.424. The molecule has 160 valence electrons. The molecule has 1 aliphatic carbocycles. The van der Waals surface area contributed by atoms with Crippen molar-refractivity contribution in [3.63, 3.8) is 0 Å². The van der Waals surface area contributed by atoms with Gasteiger partial charge in [-0.3, -0.25) is 4.79 Å². The minimum absolute atomic E-state index is 0.0280. The van der Waals surface area contributed by atoms with Gasteiger partial charge in [0.2, 0.25) is 10.0 Å². The van der Waals surface area contributed by atoms with E-state index in [0.29, 0.717) is 11.9 Å². The Morgan fingerprint density at radius 3 is 2.57 bits per heavy atom. The summed E-state index contributed by atoms with van der Waals surface area (Å²) in [7, 11) is -1.03. The van der Waals surface area contributed by atoms with Gasteiger partial charge in [-0.05, 0) is 43.2 Å². The molecule has 30 heavy (non-hydrogen) atoms. The van der Waals surface area contributed by atoms with Gasteiger partial charge in [-0.1, -0.05) is 11.6 Å². The van der Waals surface area contributed by atoms with Crippen LogP contribution in [0.1, 0.15) is 23.2 Å². The zero-order chi connectivity index (χ0) is 21.9. The Kier molecular flexibility index (Phi) is 6.59. The summed E-state index contributed by atoms with van der Waals surface area (Å²) in [6, 6.07) is 7.74. The van der Waals surface area contributed by atoms with Crippen LogP contribution in [0.4, 0.5) is 11.5 Å². The SMILES string of the molecule is CN(C)S(=O)(=O)c1cc(NC(=O)COC(=O)c2ccc(NC3CC3)nc2)ccc1Cl. The molecule has 1 aromatic carbocycles. The van der Waals surface area contributed by atoms with E-state index in [-0.39, 0.29) is 21.2 Å². The number of pyridine rings is 1. The fourth-order valence-corrected chi connectivity index (χ4v) is 3.82. The number of nitrogens with zero attached hydrogens (tertiary/aromatic N) is 2. The van der Waals surface area contributed by atoms with Gasteiger partial charge in [0.25, 0.3) is 5.91 Å². The third-order valence-electron chi connectivity index (χ3n) is 4.24. The molecule has 1 fully saturated rings. The van der Waals surface area contributed by atoms with E-state index in [1.807, 2.05) is 0 Å². The van der Waals surface area contributed by atoms with Crippen LogP contribution in [0.15, 0.2) is 41.4 Å². The van der Waals surface area contributed by atoms with E-state index in [1.54, 1.807) is 12.1 Å². The molecule has 0 aliphatic heterocycles. The van der Waals surface area contributed by atoms with Gasteiger partial charge in [-0.2, -0.15) is 0 Å². The van der Waals surface area contributed by atoms with Gasteiger partial charge in [0.15, 0.2) is 6.61 Å². The molecule has 2 N–H and O–H groups in total. The third-order valence-corrected chi connectivity index (χ3v) is 6.53. The molecule has 0 saturated heterocycles. The van der Waals surface area contributed by atoms with Crippen LogP contribution in [-0.4, -0.2) is 56.3 Å². The van der Waals surface area contributed by atoms with Crippen molar-refractivity contribution in [2.45, 2.75) is 23.8 Å². The lowest BCUT2D eigenvalue weighted by molar-refractivity contribution is -0.119. The highest BCUT2D eigenvalue weighted by Gasteiger charge is 2.22. The van der Waals surface area contributed by atoms with Crippen LogP contribution in [0.25, 0.3) is 0 Å². The number of benzene rings is 1. The number of sulfonamides is 1. The molecule has 11 heteroatoms. The predicted octanol–water partition coefficient (Wildman–Crippen LogP) is 2.36. The lowest BCUT2D eigenvalue weighted by Gasteiger charge is -2.14. The first kappa shape index (κ1) is 22.0. The fourth-order valence-electron chi connectivity index (χ4n) is 2.42. The number of anilines is 2. The average Bonchev–Trinajstić information content (AvgIpc) is 3.52. The second kappa shape index (κ2) is 8.99. The molecule has 2 aromatic rings. The maximum absolute atomic E-state index is 12.3. The first-order valence-corrected chi connectivity index (χ1v) is 10.9. The van der Waals surface area contributed by atoms with Crippen molar-refractivity contribution in [1.82, 2.24) is 9.29 Å². The highest BCUT2D eigenvalue weighted by molar-refractivity contribution is 7.89. The fraction of sp³-hybridized carbons (Fsp3) is 0.316. The number of hydrogen-bond donors (Lipinski definition) is 2. The number of carbonyl (C=O) groups is 2. The van der Waals surface area contributed by atoms with E-state index < -0.39 is 28.5 Å². The number of hydrogen-bond acceptors (Lipinski definition) is 7. The molecule has 1 aromatic heterocycles. The monoisotopic (exact) mass is 452 g/mol. The number of ether oxygens (including phenoxy) is 1. The third kappa shape index (κ3) is 5.47. The van der Waals surface area contributed by atoms with Gasteiger partial charge in [0.05, 0.1) is 10.6 Å². The zero-order valence-corrected chi connectivity index (χ0v) is 18.0. The molecule has 0 bridgehead atoms. The Morgan fingerprint density at radius 1 is 1.23 bits per heavy atom. The number of aromatic nitrogens is 1. The van der Waals surface area contributed by atoms with Crippen LogP contribution >= 0.6 is 11.6 Å². The Hall–Kier alpha value is -2.69. The first-order chi connectivity index (χ1) is 14.2. The summed E-state index contributed by atoms with van der Waals surface area (Å²) in [6.45, 7) is -0.542. The zero-order valence-electron chi connectivity index (χ0n) is 16.4. The van der Waals surface area contributed by atoms with Gasteiger partial charge in [0, 0.05) is 32.0 Å².